The molecule has 0 aliphatic carbocycles. The Hall–Kier alpha value is -5.08. The summed E-state index contributed by atoms with van der Waals surface area (Å²) in [7, 11) is 0. The molecule has 2 heteroatoms. The lowest BCUT2D eigenvalue weighted by molar-refractivity contribution is 1.41. The van der Waals surface area contributed by atoms with E-state index in [9.17, 15) is 0 Å². The second kappa shape index (κ2) is 8.22. The minimum atomic E-state index is 1.02. The Morgan fingerprint density at radius 2 is 0.737 bits per heavy atom. The maximum absolute atomic E-state index is 4.49. The summed E-state index contributed by atoms with van der Waals surface area (Å²) < 4.78 is 0. The van der Waals surface area contributed by atoms with Crippen molar-refractivity contribution >= 4 is 54.1 Å². The van der Waals surface area contributed by atoms with Crippen LogP contribution in [0.5, 0.6) is 0 Å². The van der Waals surface area contributed by atoms with Gasteiger partial charge >= 0.3 is 0 Å². The van der Waals surface area contributed by atoms with Crippen LogP contribution in [0.2, 0.25) is 0 Å². The highest BCUT2D eigenvalue weighted by Crippen LogP contribution is 2.39. The fourth-order valence-corrected chi connectivity index (χ4v) is 5.83. The zero-order chi connectivity index (χ0) is 25.1. The van der Waals surface area contributed by atoms with E-state index >= 15 is 0 Å². The molecule has 2 aromatic heterocycles. The summed E-state index contributed by atoms with van der Waals surface area (Å²) in [5.74, 6) is 0. The fourth-order valence-electron chi connectivity index (χ4n) is 5.83. The SMILES string of the molecule is c1cnc2ccc(-c3ccc4c(c3)c3ccccc3c3ccc(-c5ccc6ncccc6c5)cc34)cc2c1. The van der Waals surface area contributed by atoms with Gasteiger partial charge in [0.05, 0.1) is 11.0 Å². The van der Waals surface area contributed by atoms with Crippen molar-refractivity contribution in [3.8, 4) is 22.3 Å². The van der Waals surface area contributed by atoms with E-state index in [2.05, 4.69) is 119 Å². The van der Waals surface area contributed by atoms with E-state index in [0.29, 0.717) is 0 Å². The predicted molar refractivity (Wildman–Crippen MR) is 160 cm³/mol. The van der Waals surface area contributed by atoms with Gasteiger partial charge in [0.2, 0.25) is 0 Å². The molecule has 0 aliphatic heterocycles. The summed E-state index contributed by atoms with van der Waals surface area (Å²) >= 11 is 0. The van der Waals surface area contributed by atoms with Gasteiger partial charge in [0, 0.05) is 23.2 Å². The van der Waals surface area contributed by atoms with Crippen LogP contribution in [0, 0.1) is 0 Å². The first-order valence-corrected chi connectivity index (χ1v) is 12.9. The summed E-state index contributed by atoms with van der Waals surface area (Å²) in [6.45, 7) is 0. The third-order valence-corrected chi connectivity index (χ3v) is 7.71. The van der Waals surface area contributed by atoms with Gasteiger partial charge in [-0.05, 0) is 103 Å². The van der Waals surface area contributed by atoms with Gasteiger partial charge in [-0.3, -0.25) is 9.97 Å². The van der Waals surface area contributed by atoms with E-state index in [1.54, 1.807) is 0 Å². The molecule has 2 heterocycles. The van der Waals surface area contributed by atoms with Crippen molar-refractivity contribution in [3.63, 3.8) is 0 Å². The van der Waals surface area contributed by atoms with Crippen LogP contribution in [0.3, 0.4) is 0 Å². The highest BCUT2D eigenvalue weighted by Gasteiger charge is 2.12. The normalized spacial score (nSPS) is 11.7. The van der Waals surface area contributed by atoms with E-state index < -0.39 is 0 Å². The van der Waals surface area contributed by atoms with Crippen molar-refractivity contribution in [3.05, 3.63) is 134 Å². The van der Waals surface area contributed by atoms with E-state index in [-0.39, 0.29) is 0 Å². The zero-order valence-electron chi connectivity index (χ0n) is 20.6. The van der Waals surface area contributed by atoms with Gasteiger partial charge in [0.15, 0.2) is 0 Å². The standard InChI is InChI=1S/C36H22N2/c1-2-8-30-29(7-1)31-13-9-25(23-11-15-35-27(19-23)5-3-17-37-35)22-34(31)32-14-10-26(21-33(30)32)24-12-16-36-28(20-24)6-4-18-38-36/h1-22H. The van der Waals surface area contributed by atoms with Crippen LogP contribution in [-0.4, -0.2) is 9.97 Å². The smallest absolute Gasteiger partial charge is 0.0702 e. The number of hydrogen-bond donors (Lipinski definition) is 0. The van der Waals surface area contributed by atoms with Crippen LogP contribution in [0.15, 0.2) is 134 Å². The molecule has 0 radical (unpaired) electrons. The minimum absolute atomic E-state index is 1.02. The molecule has 0 fully saturated rings. The van der Waals surface area contributed by atoms with E-state index in [0.717, 1.165) is 21.8 Å². The second-order valence-electron chi connectivity index (χ2n) is 9.89. The summed E-state index contributed by atoms with van der Waals surface area (Å²) in [5, 5.41) is 9.98. The number of rotatable bonds is 2. The Labute approximate surface area is 219 Å². The van der Waals surface area contributed by atoms with Gasteiger partial charge in [-0.25, -0.2) is 0 Å². The first kappa shape index (κ1) is 21.0. The largest absolute Gasteiger partial charge is 0.256 e. The Bertz CT molecular complexity index is 2080. The quantitative estimate of drug-likeness (QED) is 0.229. The molecule has 176 valence electrons. The summed E-state index contributed by atoms with van der Waals surface area (Å²) in [6, 6.07) is 43.8. The van der Waals surface area contributed by atoms with Crippen molar-refractivity contribution in [2.75, 3.05) is 0 Å². The minimum Gasteiger partial charge on any atom is -0.256 e. The Balaban J connectivity index is 1.38. The molecule has 0 saturated heterocycles. The molecule has 6 aromatic carbocycles. The Morgan fingerprint density at radius 1 is 0.316 bits per heavy atom. The molecule has 0 atom stereocenters. The number of hydrogen-bond acceptors (Lipinski definition) is 2. The summed E-state index contributed by atoms with van der Waals surface area (Å²) in [4.78, 5) is 8.97. The highest BCUT2D eigenvalue weighted by atomic mass is 14.6. The van der Waals surface area contributed by atoms with Gasteiger partial charge in [0.25, 0.3) is 0 Å². The molecule has 0 amide bonds. The predicted octanol–water partition coefficient (Wildman–Crippen LogP) is 9.58. The van der Waals surface area contributed by atoms with Gasteiger partial charge in [0.1, 0.15) is 0 Å². The van der Waals surface area contributed by atoms with E-state index in [1.165, 1.54) is 54.6 Å². The average molecular weight is 483 g/mol. The van der Waals surface area contributed by atoms with Crippen LogP contribution in [0.25, 0.3) is 76.4 Å². The zero-order valence-corrected chi connectivity index (χ0v) is 20.6. The molecule has 2 nitrogen and oxygen atoms in total. The summed E-state index contributed by atoms with van der Waals surface area (Å²) in [5.41, 5.74) is 6.87. The van der Waals surface area contributed by atoms with Gasteiger partial charge in [-0.1, -0.05) is 72.8 Å². The third kappa shape index (κ3) is 3.28. The molecule has 0 N–H and O–H groups in total. The number of benzene rings is 6. The number of nitrogens with zero attached hydrogens (tertiary/aromatic N) is 2. The number of pyridine rings is 2. The number of fused-ring (bicyclic) bond motifs is 8. The third-order valence-electron chi connectivity index (χ3n) is 7.71. The van der Waals surface area contributed by atoms with E-state index in [4.69, 9.17) is 0 Å². The van der Waals surface area contributed by atoms with Gasteiger partial charge < -0.3 is 0 Å². The van der Waals surface area contributed by atoms with Gasteiger partial charge in [-0.15, -0.1) is 0 Å². The topological polar surface area (TPSA) is 25.8 Å². The average Bonchev–Trinajstić information content (AvgIpc) is 3.00. The Morgan fingerprint density at radius 3 is 1.29 bits per heavy atom. The van der Waals surface area contributed by atoms with Gasteiger partial charge in [-0.2, -0.15) is 0 Å². The second-order valence-corrected chi connectivity index (χ2v) is 9.89. The molecular formula is C36H22N2. The summed E-state index contributed by atoms with van der Waals surface area (Å²) in [6.07, 6.45) is 3.69. The first-order chi connectivity index (χ1) is 18.8. The lowest BCUT2D eigenvalue weighted by Gasteiger charge is -2.14. The molecular weight excluding hydrogens is 460 g/mol. The van der Waals surface area contributed by atoms with Crippen molar-refractivity contribution < 1.29 is 0 Å². The maximum Gasteiger partial charge on any atom is 0.0702 e. The van der Waals surface area contributed by atoms with Crippen molar-refractivity contribution in [2.24, 2.45) is 0 Å². The number of aromatic nitrogens is 2. The lowest BCUT2D eigenvalue weighted by atomic mass is 9.90. The molecule has 8 aromatic rings. The van der Waals surface area contributed by atoms with Crippen LogP contribution in [0.4, 0.5) is 0 Å². The van der Waals surface area contributed by atoms with Crippen LogP contribution < -0.4 is 0 Å². The molecule has 0 saturated carbocycles. The molecule has 8 rings (SSSR count). The highest BCUT2D eigenvalue weighted by molar-refractivity contribution is 6.26. The molecule has 0 aliphatic rings. The monoisotopic (exact) mass is 482 g/mol. The fraction of sp³-hybridized carbons (Fsp3) is 0. The van der Waals surface area contributed by atoms with Crippen LogP contribution >= 0.6 is 0 Å². The molecule has 0 unspecified atom stereocenters. The van der Waals surface area contributed by atoms with Crippen LogP contribution in [0.1, 0.15) is 0 Å². The van der Waals surface area contributed by atoms with E-state index in [1.807, 2.05) is 24.5 Å². The van der Waals surface area contributed by atoms with Crippen molar-refractivity contribution in [2.45, 2.75) is 0 Å². The Kier molecular flexibility index (Phi) is 4.55. The molecule has 0 spiro atoms. The van der Waals surface area contributed by atoms with Crippen molar-refractivity contribution in [1.29, 1.82) is 0 Å². The lowest BCUT2D eigenvalue weighted by Crippen LogP contribution is -1.87. The van der Waals surface area contributed by atoms with Crippen molar-refractivity contribution in [1.82, 2.24) is 9.97 Å². The maximum atomic E-state index is 4.49. The van der Waals surface area contributed by atoms with Crippen LogP contribution in [-0.2, 0) is 0 Å². The molecule has 0 bridgehead atoms. The first-order valence-electron chi connectivity index (χ1n) is 12.9. The molecule has 38 heavy (non-hydrogen) atoms.